The maximum atomic E-state index is 4.79. The van der Waals surface area contributed by atoms with Gasteiger partial charge in [-0.1, -0.05) is 30.7 Å². The van der Waals surface area contributed by atoms with Crippen molar-refractivity contribution in [2.75, 3.05) is 0 Å². The SMILES string of the molecule is c1ccc(-c2nc(SCc3csc(C4CCCC4)n3)n[nH]2)nc1. The van der Waals surface area contributed by atoms with Gasteiger partial charge < -0.3 is 0 Å². The lowest BCUT2D eigenvalue weighted by molar-refractivity contribution is 0.714. The smallest absolute Gasteiger partial charge is 0.209 e. The van der Waals surface area contributed by atoms with Crippen molar-refractivity contribution in [3.8, 4) is 11.5 Å². The Bertz CT molecular complexity index is 762. The third kappa shape index (κ3) is 3.45. The van der Waals surface area contributed by atoms with Gasteiger partial charge in [0, 0.05) is 23.2 Å². The third-order valence-corrected chi connectivity index (χ3v) is 5.93. The van der Waals surface area contributed by atoms with Crippen molar-refractivity contribution in [2.45, 2.75) is 42.5 Å². The monoisotopic (exact) mass is 343 g/mol. The van der Waals surface area contributed by atoms with Crippen LogP contribution in [0.5, 0.6) is 0 Å². The number of pyridine rings is 1. The normalized spacial score (nSPS) is 15.3. The van der Waals surface area contributed by atoms with E-state index in [1.54, 1.807) is 29.3 Å². The highest BCUT2D eigenvalue weighted by Gasteiger charge is 2.20. The van der Waals surface area contributed by atoms with Crippen LogP contribution in [-0.2, 0) is 5.75 Å². The summed E-state index contributed by atoms with van der Waals surface area (Å²) in [5.74, 6) is 2.21. The van der Waals surface area contributed by atoms with E-state index >= 15 is 0 Å². The number of thioether (sulfide) groups is 1. The minimum Gasteiger partial charge on any atom is -0.257 e. The van der Waals surface area contributed by atoms with Crippen molar-refractivity contribution in [1.29, 1.82) is 0 Å². The molecule has 5 nitrogen and oxygen atoms in total. The molecule has 1 fully saturated rings. The molecule has 1 N–H and O–H groups in total. The van der Waals surface area contributed by atoms with Gasteiger partial charge in [-0.15, -0.1) is 16.4 Å². The topological polar surface area (TPSA) is 67.3 Å². The first kappa shape index (κ1) is 14.8. The second-order valence-electron chi connectivity index (χ2n) is 5.63. The molecule has 1 aliphatic rings. The van der Waals surface area contributed by atoms with E-state index in [4.69, 9.17) is 4.98 Å². The first-order chi connectivity index (χ1) is 11.4. The molecule has 118 valence electrons. The van der Waals surface area contributed by atoms with Crippen LogP contribution in [0.3, 0.4) is 0 Å². The van der Waals surface area contributed by atoms with Crippen LogP contribution in [0.2, 0.25) is 0 Å². The van der Waals surface area contributed by atoms with Crippen molar-refractivity contribution in [1.82, 2.24) is 25.1 Å². The quantitative estimate of drug-likeness (QED) is 0.701. The van der Waals surface area contributed by atoms with Crippen LogP contribution in [-0.4, -0.2) is 25.1 Å². The van der Waals surface area contributed by atoms with Crippen LogP contribution in [0.4, 0.5) is 0 Å². The van der Waals surface area contributed by atoms with Gasteiger partial charge in [0.1, 0.15) is 5.69 Å². The maximum absolute atomic E-state index is 4.79. The number of aromatic amines is 1. The van der Waals surface area contributed by atoms with Crippen LogP contribution < -0.4 is 0 Å². The Balaban J connectivity index is 1.39. The molecule has 3 aromatic rings. The van der Waals surface area contributed by atoms with Crippen LogP contribution in [0, 0.1) is 0 Å². The molecule has 4 rings (SSSR count). The molecule has 0 radical (unpaired) electrons. The maximum Gasteiger partial charge on any atom is 0.209 e. The summed E-state index contributed by atoms with van der Waals surface area (Å²) in [5, 5.41) is 11.4. The number of nitrogens with one attached hydrogen (secondary N) is 1. The molecular weight excluding hydrogens is 326 g/mol. The fourth-order valence-electron chi connectivity index (χ4n) is 2.82. The Labute approximate surface area is 143 Å². The van der Waals surface area contributed by atoms with Crippen molar-refractivity contribution in [3.63, 3.8) is 0 Å². The largest absolute Gasteiger partial charge is 0.257 e. The average Bonchev–Trinajstić information content (AvgIpc) is 3.33. The standard InChI is InChI=1S/C16H17N5S2/c1-2-6-11(5-1)15-18-12(9-22-15)10-23-16-19-14(20-21-16)13-7-3-4-8-17-13/h3-4,7-9,11H,1-2,5-6,10H2,(H,19,20,21). The molecule has 3 aromatic heterocycles. The molecule has 0 atom stereocenters. The summed E-state index contributed by atoms with van der Waals surface area (Å²) in [7, 11) is 0. The van der Waals surface area contributed by atoms with Gasteiger partial charge in [0.25, 0.3) is 0 Å². The lowest BCUT2D eigenvalue weighted by Gasteiger charge is -2.02. The number of hydrogen-bond donors (Lipinski definition) is 1. The van der Waals surface area contributed by atoms with E-state index in [1.165, 1.54) is 30.7 Å². The van der Waals surface area contributed by atoms with Crippen molar-refractivity contribution in [3.05, 3.63) is 40.5 Å². The first-order valence-corrected chi connectivity index (χ1v) is 9.66. The second-order valence-corrected chi connectivity index (χ2v) is 7.46. The Hall–Kier alpha value is -1.73. The van der Waals surface area contributed by atoms with Crippen molar-refractivity contribution in [2.24, 2.45) is 0 Å². The van der Waals surface area contributed by atoms with E-state index in [9.17, 15) is 0 Å². The fraction of sp³-hybridized carbons (Fsp3) is 0.375. The highest BCUT2D eigenvalue weighted by Crippen LogP contribution is 2.36. The lowest BCUT2D eigenvalue weighted by Crippen LogP contribution is -1.91. The highest BCUT2D eigenvalue weighted by molar-refractivity contribution is 7.98. The van der Waals surface area contributed by atoms with E-state index in [2.05, 4.69) is 25.5 Å². The Morgan fingerprint density at radius 2 is 2.13 bits per heavy atom. The van der Waals surface area contributed by atoms with Crippen LogP contribution in [0.25, 0.3) is 11.5 Å². The third-order valence-electron chi connectivity index (χ3n) is 4.00. The Morgan fingerprint density at radius 1 is 1.22 bits per heavy atom. The molecular formula is C16H17N5S2. The van der Waals surface area contributed by atoms with Gasteiger partial charge in [-0.3, -0.25) is 10.1 Å². The zero-order chi connectivity index (χ0) is 15.5. The van der Waals surface area contributed by atoms with Gasteiger partial charge in [0.2, 0.25) is 5.16 Å². The van der Waals surface area contributed by atoms with Gasteiger partial charge in [-0.05, 0) is 25.0 Å². The molecule has 0 amide bonds. The van der Waals surface area contributed by atoms with Crippen molar-refractivity contribution < 1.29 is 0 Å². The van der Waals surface area contributed by atoms with Gasteiger partial charge in [-0.25, -0.2) is 4.98 Å². The van der Waals surface area contributed by atoms with Crippen LogP contribution in [0.1, 0.15) is 42.3 Å². The molecule has 3 heterocycles. The molecule has 0 aliphatic heterocycles. The summed E-state index contributed by atoms with van der Waals surface area (Å²) in [6, 6.07) is 5.75. The van der Waals surface area contributed by atoms with E-state index in [0.29, 0.717) is 11.7 Å². The molecule has 7 heteroatoms. The number of rotatable bonds is 5. The lowest BCUT2D eigenvalue weighted by atomic mass is 10.1. The summed E-state index contributed by atoms with van der Waals surface area (Å²) >= 11 is 3.41. The van der Waals surface area contributed by atoms with Gasteiger partial charge in [0.15, 0.2) is 5.82 Å². The van der Waals surface area contributed by atoms with Crippen molar-refractivity contribution >= 4 is 23.1 Å². The summed E-state index contributed by atoms with van der Waals surface area (Å²) in [4.78, 5) is 13.6. The highest BCUT2D eigenvalue weighted by atomic mass is 32.2. The molecule has 1 aliphatic carbocycles. The molecule has 1 saturated carbocycles. The predicted octanol–water partition coefficient (Wildman–Crippen LogP) is 4.27. The van der Waals surface area contributed by atoms with E-state index < -0.39 is 0 Å². The number of aromatic nitrogens is 5. The van der Waals surface area contributed by atoms with Crippen LogP contribution in [0.15, 0.2) is 34.9 Å². The molecule has 0 bridgehead atoms. The number of thiazole rings is 1. The van der Waals surface area contributed by atoms with Gasteiger partial charge in [0.05, 0.1) is 10.7 Å². The molecule has 0 spiro atoms. The van der Waals surface area contributed by atoms with Gasteiger partial charge >= 0.3 is 0 Å². The molecule has 0 aromatic carbocycles. The first-order valence-electron chi connectivity index (χ1n) is 7.79. The minimum absolute atomic E-state index is 0.693. The Kier molecular flexibility index (Phi) is 4.39. The zero-order valence-electron chi connectivity index (χ0n) is 12.6. The minimum atomic E-state index is 0.693. The van der Waals surface area contributed by atoms with E-state index in [-0.39, 0.29) is 0 Å². The summed E-state index contributed by atoms with van der Waals surface area (Å²) in [5.41, 5.74) is 1.94. The zero-order valence-corrected chi connectivity index (χ0v) is 14.2. The molecule has 0 unspecified atom stereocenters. The predicted molar refractivity (Wildman–Crippen MR) is 92.5 cm³/mol. The fourth-order valence-corrected chi connectivity index (χ4v) is 4.60. The number of nitrogens with zero attached hydrogens (tertiary/aromatic N) is 4. The second kappa shape index (κ2) is 6.80. The summed E-state index contributed by atoms with van der Waals surface area (Å²) < 4.78 is 0. The number of H-pyrrole nitrogens is 1. The molecule has 23 heavy (non-hydrogen) atoms. The molecule has 0 saturated heterocycles. The summed E-state index contributed by atoms with van der Waals surface area (Å²) in [6.45, 7) is 0. The number of hydrogen-bond acceptors (Lipinski definition) is 6. The van der Waals surface area contributed by atoms with E-state index in [1.807, 2.05) is 18.2 Å². The van der Waals surface area contributed by atoms with Gasteiger partial charge in [-0.2, -0.15) is 4.98 Å². The summed E-state index contributed by atoms with van der Waals surface area (Å²) in [6.07, 6.45) is 7.05. The average molecular weight is 343 g/mol. The van der Waals surface area contributed by atoms with E-state index in [0.717, 1.165) is 22.3 Å². The van der Waals surface area contributed by atoms with Crippen LogP contribution >= 0.6 is 23.1 Å². The Morgan fingerprint density at radius 3 is 2.96 bits per heavy atom.